The number of nitrogens with zero attached hydrogens (tertiary/aromatic N) is 3. The number of carbonyl (C=O) groups is 1. The van der Waals surface area contributed by atoms with Crippen molar-refractivity contribution in [3.63, 3.8) is 0 Å². The van der Waals surface area contributed by atoms with Gasteiger partial charge in [0, 0.05) is 24.8 Å². The van der Waals surface area contributed by atoms with Gasteiger partial charge in [0.15, 0.2) is 23.0 Å². The van der Waals surface area contributed by atoms with Gasteiger partial charge in [0.2, 0.25) is 6.79 Å². The first-order valence-electron chi connectivity index (χ1n) is 8.49. The molecular weight excluding hydrogens is 320 g/mol. The van der Waals surface area contributed by atoms with Gasteiger partial charge in [-0.3, -0.25) is 4.79 Å². The van der Waals surface area contributed by atoms with Crippen molar-refractivity contribution >= 4 is 17.4 Å². The van der Waals surface area contributed by atoms with Crippen LogP contribution in [0.15, 0.2) is 30.3 Å². The van der Waals surface area contributed by atoms with E-state index in [2.05, 4.69) is 22.4 Å². The van der Waals surface area contributed by atoms with Gasteiger partial charge in [-0.2, -0.15) is 0 Å². The minimum absolute atomic E-state index is 0.0472. The fourth-order valence-electron chi connectivity index (χ4n) is 3.01. The Morgan fingerprint density at radius 3 is 2.68 bits per heavy atom. The largest absolute Gasteiger partial charge is 0.454 e. The summed E-state index contributed by atoms with van der Waals surface area (Å²) in [5.41, 5.74) is 1.20. The fourth-order valence-corrected chi connectivity index (χ4v) is 3.01. The molecule has 25 heavy (non-hydrogen) atoms. The number of fused-ring (bicyclic) bond motifs is 1. The quantitative estimate of drug-likeness (QED) is 0.926. The number of aromatic nitrogens is 2. The molecule has 2 aromatic rings. The highest BCUT2D eigenvalue weighted by molar-refractivity contribution is 5.92. The number of nitrogens with one attached hydrogen (secondary N) is 1. The van der Waals surface area contributed by atoms with Crippen LogP contribution in [0.25, 0.3) is 0 Å². The zero-order valence-corrected chi connectivity index (χ0v) is 14.1. The zero-order valence-electron chi connectivity index (χ0n) is 14.1. The summed E-state index contributed by atoms with van der Waals surface area (Å²) in [6, 6.07) is 9.04. The van der Waals surface area contributed by atoms with Crippen LogP contribution in [0.2, 0.25) is 0 Å². The Morgan fingerprint density at radius 1 is 1.12 bits per heavy atom. The third kappa shape index (κ3) is 3.35. The van der Waals surface area contributed by atoms with E-state index in [4.69, 9.17) is 9.47 Å². The Morgan fingerprint density at radius 2 is 1.92 bits per heavy atom. The van der Waals surface area contributed by atoms with Crippen molar-refractivity contribution in [3.05, 3.63) is 36.0 Å². The molecule has 1 aromatic carbocycles. The molecule has 0 atom stereocenters. The van der Waals surface area contributed by atoms with E-state index in [0.717, 1.165) is 37.4 Å². The minimum Gasteiger partial charge on any atom is -0.454 e. The predicted molar refractivity (Wildman–Crippen MR) is 92.2 cm³/mol. The van der Waals surface area contributed by atoms with Crippen molar-refractivity contribution in [2.75, 3.05) is 25.2 Å². The molecule has 0 unspecified atom stereocenters. The van der Waals surface area contributed by atoms with Crippen LogP contribution in [0.4, 0.5) is 11.5 Å². The standard InChI is InChI=1S/C18H20N4O3/c1-12-6-8-22(9-7-12)18(23)14-3-5-17(21-20-14)19-13-2-4-15-16(10-13)25-11-24-15/h2-5,10,12H,6-9,11H2,1H3,(H,19,21). The molecular formula is C18H20N4O3. The number of ether oxygens (including phenoxy) is 2. The Bertz CT molecular complexity index is 770. The lowest BCUT2D eigenvalue weighted by atomic mass is 9.99. The molecule has 0 aliphatic carbocycles. The molecule has 1 amide bonds. The van der Waals surface area contributed by atoms with Crippen molar-refractivity contribution in [3.8, 4) is 11.5 Å². The summed E-state index contributed by atoms with van der Waals surface area (Å²) >= 11 is 0. The van der Waals surface area contributed by atoms with Gasteiger partial charge in [0.05, 0.1) is 0 Å². The zero-order chi connectivity index (χ0) is 17.2. The Hall–Kier alpha value is -2.83. The van der Waals surface area contributed by atoms with Crippen LogP contribution in [-0.4, -0.2) is 40.9 Å². The highest BCUT2D eigenvalue weighted by Gasteiger charge is 2.22. The number of anilines is 2. The lowest BCUT2D eigenvalue weighted by Crippen LogP contribution is -2.38. The van der Waals surface area contributed by atoms with E-state index >= 15 is 0 Å². The number of hydrogen-bond donors (Lipinski definition) is 1. The monoisotopic (exact) mass is 340 g/mol. The van der Waals surface area contributed by atoms with Gasteiger partial charge in [-0.25, -0.2) is 0 Å². The topological polar surface area (TPSA) is 76.6 Å². The predicted octanol–water partition coefficient (Wildman–Crippen LogP) is 2.82. The van der Waals surface area contributed by atoms with Gasteiger partial charge in [0.1, 0.15) is 0 Å². The van der Waals surface area contributed by atoms with Crippen LogP contribution in [0, 0.1) is 5.92 Å². The van der Waals surface area contributed by atoms with Crippen LogP contribution in [-0.2, 0) is 0 Å². The summed E-state index contributed by atoms with van der Waals surface area (Å²) in [6.45, 7) is 4.04. The number of rotatable bonds is 3. The third-order valence-electron chi connectivity index (χ3n) is 4.60. The Labute approximate surface area is 146 Å². The number of hydrogen-bond acceptors (Lipinski definition) is 6. The van der Waals surface area contributed by atoms with E-state index in [1.54, 1.807) is 12.1 Å². The molecule has 1 fully saturated rings. The van der Waals surface area contributed by atoms with Crippen molar-refractivity contribution < 1.29 is 14.3 Å². The second-order valence-electron chi connectivity index (χ2n) is 6.47. The van der Waals surface area contributed by atoms with Crippen LogP contribution in [0.1, 0.15) is 30.3 Å². The van der Waals surface area contributed by atoms with Crippen molar-refractivity contribution in [2.24, 2.45) is 5.92 Å². The van der Waals surface area contributed by atoms with Gasteiger partial charge >= 0.3 is 0 Å². The molecule has 2 aliphatic rings. The smallest absolute Gasteiger partial charge is 0.274 e. The van der Waals surface area contributed by atoms with E-state index in [1.807, 2.05) is 23.1 Å². The van der Waals surface area contributed by atoms with Crippen molar-refractivity contribution in [1.82, 2.24) is 15.1 Å². The summed E-state index contributed by atoms with van der Waals surface area (Å²) in [5, 5.41) is 11.4. The van der Waals surface area contributed by atoms with E-state index in [-0.39, 0.29) is 12.7 Å². The number of carbonyl (C=O) groups excluding carboxylic acids is 1. The second-order valence-corrected chi connectivity index (χ2v) is 6.47. The average Bonchev–Trinajstić information content (AvgIpc) is 3.10. The lowest BCUT2D eigenvalue weighted by Gasteiger charge is -2.29. The summed E-state index contributed by atoms with van der Waals surface area (Å²) in [6.07, 6.45) is 2.09. The van der Waals surface area contributed by atoms with E-state index in [0.29, 0.717) is 23.2 Å². The highest BCUT2D eigenvalue weighted by Crippen LogP contribution is 2.34. The normalized spacial score (nSPS) is 16.8. The van der Waals surface area contributed by atoms with Gasteiger partial charge in [0.25, 0.3) is 5.91 Å². The van der Waals surface area contributed by atoms with Gasteiger partial charge in [-0.1, -0.05) is 6.92 Å². The van der Waals surface area contributed by atoms with Gasteiger partial charge < -0.3 is 19.7 Å². The molecule has 0 bridgehead atoms. The third-order valence-corrected chi connectivity index (χ3v) is 4.60. The number of benzene rings is 1. The molecule has 1 saturated heterocycles. The number of likely N-dealkylation sites (tertiary alicyclic amines) is 1. The highest BCUT2D eigenvalue weighted by atomic mass is 16.7. The van der Waals surface area contributed by atoms with E-state index < -0.39 is 0 Å². The number of amides is 1. The van der Waals surface area contributed by atoms with E-state index in [9.17, 15) is 4.79 Å². The Balaban J connectivity index is 1.42. The first-order valence-corrected chi connectivity index (χ1v) is 8.49. The molecule has 4 rings (SSSR count). The number of piperidine rings is 1. The fraction of sp³-hybridized carbons (Fsp3) is 0.389. The summed E-state index contributed by atoms with van der Waals surface area (Å²) in [5.74, 6) is 2.64. The molecule has 1 aromatic heterocycles. The van der Waals surface area contributed by atoms with Crippen molar-refractivity contribution in [1.29, 1.82) is 0 Å². The summed E-state index contributed by atoms with van der Waals surface area (Å²) < 4.78 is 10.6. The molecule has 0 spiro atoms. The molecule has 7 nitrogen and oxygen atoms in total. The van der Waals surface area contributed by atoms with Crippen LogP contribution >= 0.6 is 0 Å². The minimum atomic E-state index is -0.0472. The Kier molecular flexibility index (Phi) is 4.13. The van der Waals surface area contributed by atoms with Gasteiger partial charge in [-0.15, -0.1) is 10.2 Å². The lowest BCUT2D eigenvalue weighted by molar-refractivity contribution is 0.0690. The first kappa shape index (κ1) is 15.7. The van der Waals surface area contributed by atoms with Crippen LogP contribution in [0.3, 0.4) is 0 Å². The molecule has 2 aliphatic heterocycles. The molecule has 0 radical (unpaired) electrons. The van der Waals surface area contributed by atoms with Crippen LogP contribution in [0.5, 0.6) is 11.5 Å². The maximum absolute atomic E-state index is 12.5. The second kappa shape index (κ2) is 6.58. The molecule has 3 heterocycles. The molecule has 0 saturated carbocycles. The summed E-state index contributed by atoms with van der Waals surface area (Å²) in [4.78, 5) is 14.3. The molecule has 7 heteroatoms. The summed E-state index contributed by atoms with van der Waals surface area (Å²) in [7, 11) is 0. The maximum atomic E-state index is 12.5. The van der Waals surface area contributed by atoms with E-state index in [1.165, 1.54) is 0 Å². The maximum Gasteiger partial charge on any atom is 0.274 e. The van der Waals surface area contributed by atoms with Crippen LogP contribution < -0.4 is 14.8 Å². The van der Waals surface area contributed by atoms with Crippen molar-refractivity contribution in [2.45, 2.75) is 19.8 Å². The molecule has 1 N–H and O–H groups in total. The SMILES string of the molecule is CC1CCN(C(=O)c2ccc(Nc3ccc4c(c3)OCO4)nn2)CC1. The first-order chi connectivity index (χ1) is 12.2. The average molecular weight is 340 g/mol. The van der Waals surface area contributed by atoms with Gasteiger partial charge in [-0.05, 0) is 43.0 Å². The molecule has 130 valence electrons.